The van der Waals surface area contributed by atoms with Gasteiger partial charge in [0.15, 0.2) is 0 Å². The molecule has 2 heterocycles. The zero-order valence-corrected chi connectivity index (χ0v) is 18.1. The maximum Gasteiger partial charge on any atom is 0.243 e. The Hall–Kier alpha value is -2.22. The molecule has 6 nitrogen and oxygen atoms in total. The number of sulfonamides is 1. The highest BCUT2D eigenvalue weighted by molar-refractivity contribution is 7.89. The van der Waals surface area contributed by atoms with Crippen LogP contribution in [0.15, 0.2) is 59.5 Å². The molecule has 0 radical (unpaired) electrons. The molecule has 0 unspecified atom stereocenters. The summed E-state index contributed by atoms with van der Waals surface area (Å²) in [5.74, 6) is 0.0516. The number of amides is 1. The molecular weight excluding hydrogens is 398 g/mol. The number of rotatable bonds is 5. The number of likely N-dealkylation sites (N-methyl/N-ethyl adjacent to an activating group) is 1. The van der Waals surface area contributed by atoms with Gasteiger partial charge in [-0.05, 0) is 49.1 Å². The Kier molecular flexibility index (Phi) is 6.22. The summed E-state index contributed by atoms with van der Waals surface area (Å²) in [5, 5.41) is 3.19. The van der Waals surface area contributed by atoms with Gasteiger partial charge in [-0.2, -0.15) is 4.31 Å². The van der Waals surface area contributed by atoms with Crippen molar-refractivity contribution in [2.24, 2.45) is 0 Å². The van der Waals surface area contributed by atoms with Gasteiger partial charge in [0.25, 0.3) is 0 Å². The van der Waals surface area contributed by atoms with E-state index in [9.17, 15) is 13.2 Å². The van der Waals surface area contributed by atoms with E-state index >= 15 is 0 Å². The van der Waals surface area contributed by atoms with Gasteiger partial charge in [-0.25, -0.2) is 8.42 Å². The predicted molar refractivity (Wildman–Crippen MR) is 116 cm³/mol. The molecule has 1 N–H and O–H groups in total. The highest BCUT2D eigenvalue weighted by Gasteiger charge is 2.34. The van der Waals surface area contributed by atoms with Crippen molar-refractivity contribution in [3.63, 3.8) is 0 Å². The summed E-state index contributed by atoms with van der Waals surface area (Å²) in [6.45, 7) is 4.54. The van der Waals surface area contributed by atoms with Crippen LogP contribution in [0.2, 0.25) is 0 Å². The summed E-state index contributed by atoms with van der Waals surface area (Å²) >= 11 is 0. The number of hydrogen-bond donors (Lipinski definition) is 1. The number of piperidine rings is 1. The van der Waals surface area contributed by atoms with E-state index in [0.717, 1.165) is 19.5 Å². The Morgan fingerprint density at radius 3 is 2.30 bits per heavy atom. The van der Waals surface area contributed by atoms with Crippen molar-refractivity contribution in [3.8, 4) is 0 Å². The van der Waals surface area contributed by atoms with Crippen LogP contribution in [0, 0.1) is 0 Å². The fourth-order valence-electron chi connectivity index (χ4n) is 4.45. The third-order valence-electron chi connectivity index (χ3n) is 6.24. The van der Waals surface area contributed by atoms with Crippen molar-refractivity contribution in [1.29, 1.82) is 0 Å². The minimum atomic E-state index is -3.47. The summed E-state index contributed by atoms with van der Waals surface area (Å²) in [6, 6.07) is 16.7. The predicted octanol–water partition coefficient (Wildman–Crippen LogP) is 2.40. The molecular formula is C23H29N3O3S. The van der Waals surface area contributed by atoms with Crippen LogP contribution in [0.1, 0.15) is 30.9 Å². The summed E-state index contributed by atoms with van der Waals surface area (Å²) in [7, 11) is -3.47. The van der Waals surface area contributed by atoms with E-state index in [0.29, 0.717) is 30.8 Å². The molecule has 7 heteroatoms. The summed E-state index contributed by atoms with van der Waals surface area (Å²) < 4.78 is 27.1. The maximum atomic E-state index is 13.1. The van der Waals surface area contributed by atoms with E-state index in [1.165, 1.54) is 15.4 Å². The lowest BCUT2D eigenvalue weighted by molar-refractivity contribution is -0.128. The smallest absolute Gasteiger partial charge is 0.243 e. The average Bonchev–Trinajstić information content (AvgIpc) is 2.79. The SMILES string of the molecule is CCN1Cc2ccccc2C[C@H]1C(=O)NC1CCN(S(=O)(=O)c2ccccc2)CC1. The second kappa shape index (κ2) is 8.88. The van der Waals surface area contributed by atoms with Gasteiger partial charge in [-0.15, -0.1) is 0 Å². The van der Waals surface area contributed by atoms with Crippen LogP contribution < -0.4 is 5.32 Å². The minimum Gasteiger partial charge on any atom is -0.352 e. The summed E-state index contributed by atoms with van der Waals surface area (Å²) in [6.07, 6.45) is 1.98. The van der Waals surface area contributed by atoms with Gasteiger partial charge in [0.2, 0.25) is 15.9 Å². The molecule has 0 saturated carbocycles. The molecule has 2 aliphatic rings. The number of fused-ring (bicyclic) bond motifs is 1. The molecule has 1 atom stereocenters. The zero-order chi connectivity index (χ0) is 21.1. The highest BCUT2D eigenvalue weighted by Crippen LogP contribution is 2.24. The molecule has 2 aliphatic heterocycles. The Balaban J connectivity index is 1.36. The summed E-state index contributed by atoms with van der Waals surface area (Å²) in [4.78, 5) is 15.6. The molecule has 0 spiro atoms. The van der Waals surface area contributed by atoms with Gasteiger partial charge in [0.05, 0.1) is 10.9 Å². The van der Waals surface area contributed by atoms with Crippen LogP contribution >= 0.6 is 0 Å². The maximum absolute atomic E-state index is 13.1. The third-order valence-corrected chi connectivity index (χ3v) is 8.15. The molecule has 30 heavy (non-hydrogen) atoms. The molecule has 1 amide bonds. The second-order valence-electron chi connectivity index (χ2n) is 8.05. The topological polar surface area (TPSA) is 69.7 Å². The molecule has 1 saturated heterocycles. The van der Waals surface area contributed by atoms with Gasteiger partial charge in [0.1, 0.15) is 0 Å². The van der Waals surface area contributed by atoms with Crippen LogP contribution in [0.3, 0.4) is 0 Å². The Labute approximate surface area is 178 Å². The minimum absolute atomic E-state index is 0.00981. The van der Waals surface area contributed by atoms with E-state index in [1.54, 1.807) is 24.3 Å². The van der Waals surface area contributed by atoms with E-state index in [2.05, 4.69) is 29.3 Å². The van der Waals surface area contributed by atoms with Gasteiger partial charge in [-0.3, -0.25) is 9.69 Å². The van der Waals surface area contributed by atoms with Crippen molar-refractivity contribution in [3.05, 3.63) is 65.7 Å². The second-order valence-corrected chi connectivity index (χ2v) is 9.99. The Morgan fingerprint density at radius 2 is 1.63 bits per heavy atom. The lowest BCUT2D eigenvalue weighted by Crippen LogP contribution is -2.54. The molecule has 4 rings (SSSR count). The van der Waals surface area contributed by atoms with Crippen molar-refractivity contribution in [2.45, 2.75) is 49.7 Å². The quantitative estimate of drug-likeness (QED) is 0.796. The number of nitrogens with zero attached hydrogens (tertiary/aromatic N) is 2. The number of carbonyl (C=O) groups excluding carboxylic acids is 1. The van der Waals surface area contributed by atoms with Crippen molar-refractivity contribution in [2.75, 3.05) is 19.6 Å². The molecule has 0 bridgehead atoms. The van der Waals surface area contributed by atoms with Crippen LogP contribution in [0.4, 0.5) is 0 Å². The number of hydrogen-bond acceptors (Lipinski definition) is 4. The van der Waals surface area contributed by atoms with Crippen LogP contribution in [-0.2, 0) is 27.8 Å². The van der Waals surface area contributed by atoms with Crippen molar-refractivity contribution < 1.29 is 13.2 Å². The number of nitrogens with one attached hydrogen (secondary N) is 1. The average molecular weight is 428 g/mol. The summed E-state index contributed by atoms with van der Waals surface area (Å²) in [5.41, 5.74) is 2.54. The monoisotopic (exact) mass is 427 g/mol. The fraction of sp³-hybridized carbons (Fsp3) is 0.435. The normalized spacial score (nSPS) is 21.2. The third kappa shape index (κ3) is 4.29. The lowest BCUT2D eigenvalue weighted by atomic mass is 9.93. The van der Waals surface area contributed by atoms with Crippen LogP contribution in [-0.4, -0.2) is 55.2 Å². The van der Waals surface area contributed by atoms with E-state index in [-0.39, 0.29) is 18.0 Å². The molecule has 0 aliphatic carbocycles. The lowest BCUT2D eigenvalue weighted by Gasteiger charge is -2.37. The van der Waals surface area contributed by atoms with Gasteiger partial charge in [0, 0.05) is 25.7 Å². The number of carbonyl (C=O) groups is 1. The van der Waals surface area contributed by atoms with Crippen LogP contribution in [0.25, 0.3) is 0 Å². The first kappa shape index (κ1) is 21.0. The van der Waals surface area contributed by atoms with Crippen LogP contribution in [0.5, 0.6) is 0 Å². The van der Waals surface area contributed by atoms with Gasteiger partial charge in [-0.1, -0.05) is 49.4 Å². The molecule has 1 fully saturated rings. The highest BCUT2D eigenvalue weighted by atomic mass is 32.2. The standard InChI is InChI=1S/C23H29N3O3S/c1-2-25-17-19-9-7-6-8-18(19)16-22(25)23(27)24-20-12-14-26(15-13-20)30(28,29)21-10-4-3-5-11-21/h3-11,20,22H,2,12-17H2,1H3,(H,24,27)/t22-/m0/s1. The molecule has 2 aromatic rings. The number of benzene rings is 2. The van der Waals surface area contributed by atoms with E-state index in [4.69, 9.17) is 0 Å². The fourth-order valence-corrected chi connectivity index (χ4v) is 5.94. The van der Waals surface area contributed by atoms with Crippen molar-refractivity contribution >= 4 is 15.9 Å². The Bertz CT molecular complexity index is 986. The van der Waals surface area contributed by atoms with E-state index < -0.39 is 10.0 Å². The molecule has 0 aromatic heterocycles. The first-order valence-corrected chi connectivity index (χ1v) is 12.1. The van der Waals surface area contributed by atoms with Crippen molar-refractivity contribution in [1.82, 2.24) is 14.5 Å². The van der Waals surface area contributed by atoms with Gasteiger partial charge >= 0.3 is 0 Å². The molecule has 160 valence electrons. The van der Waals surface area contributed by atoms with Gasteiger partial charge < -0.3 is 5.32 Å². The first-order chi connectivity index (χ1) is 14.5. The largest absolute Gasteiger partial charge is 0.352 e. The molecule has 2 aromatic carbocycles. The van der Waals surface area contributed by atoms with E-state index in [1.807, 2.05) is 18.2 Å². The first-order valence-electron chi connectivity index (χ1n) is 10.7. The Morgan fingerprint density at radius 1 is 1.00 bits per heavy atom. The zero-order valence-electron chi connectivity index (χ0n) is 17.3.